The number of alkyl halides is 9. The van der Waals surface area contributed by atoms with Crippen LogP contribution in [0.1, 0.15) is 79.7 Å². The number of azo groups is 3. The van der Waals surface area contributed by atoms with Gasteiger partial charge in [0, 0.05) is 38.1 Å². The standard InChI is InChI=1S/C30H20Cl2F3N3O5.C25H17Cl3F3N3O4.C25H18Cl2F3N3O4/c1-17(39)27(29(41)43-21-5-3-2-4-6-21)38-37-24-15-18(7-13-23(24)32)28(40)36-25-16-19(30(33,34)35)8-14-26(25)42-22-11-9-20(31)10-12-22;1-12-16(26)4-3-5-19(12)32-23(36)14-6-8-17(27)20(10-14)33-34-22(13(2)35)24(37)38-21-11-15(25(29,30)31)7-9-18(21)28;1-13-7-9-16(25(28,29)30)12-19(13)31-23(35)15-8-10-17(26)20(11-15)32-33-22(14(2)34)24(36)37-21-6-4-3-5-18(21)27/h2-16,27H,1H3,(H,36,40);3-11,22H,1-2H3,(H,32,36);3-12,22H,1-2H3,(H,31,35). The number of halogens is 16. The molecule has 0 aromatic heterocycles. The molecule has 0 aliphatic carbocycles. The second kappa shape index (κ2) is 40.7. The number of esters is 3. The first kappa shape index (κ1) is 91.6. The molecule has 0 fully saturated rings. The lowest BCUT2D eigenvalue weighted by molar-refractivity contribution is -0.141. The molecule has 10 aromatic rings. The van der Waals surface area contributed by atoms with Crippen molar-refractivity contribution in [3.05, 3.63) is 286 Å². The summed E-state index contributed by atoms with van der Waals surface area (Å²) in [6.45, 7) is 6.52. The third-order valence-electron chi connectivity index (χ3n) is 15.7. The molecule has 10 aromatic carbocycles. The molecular weight excluding hydrogens is 1710 g/mol. The third-order valence-corrected chi connectivity index (χ3v) is 17.9. The third kappa shape index (κ3) is 26.0. The molecule has 118 heavy (non-hydrogen) atoms. The van der Waals surface area contributed by atoms with Crippen LogP contribution in [0.2, 0.25) is 35.2 Å². The number of rotatable bonds is 23. The maximum Gasteiger partial charge on any atom is 0.416 e. The number of anilines is 3. The van der Waals surface area contributed by atoms with Gasteiger partial charge in [-0.2, -0.15) is 70.2 Å². The number of aryl methyl sites for hydroxylation is 1. The lowest BCUT2D eigenvalue weighted by Crippen LogP contribution is -2.30. The number of para-hydroxylation sites is 2. The first-order chi connectivity index (χ1) is 55.5. The topological polar surface area (TPSA) is 301 Å². The first-order valence-electron chi connectivity index (χ1n) is 33.5. The largest absolute Gasteiger partial charge is 0.455 e. The SMILES string of the molecule is CC(=O)C(N=Nc1cc(C(=O)Nc2cc(C(F)(F)F)ccc2C)ccc1Cl)C(=O)Oc1ccccc1Cl.CC(=O)C(N=Nc1cc(C(=O)Nc2cc(C(F)(F)F)ccc2Oc2ccc(Cl)cc2)ccc1Cl)C(=O)Oc1ccccc1.CC(=O)C(N=Nc1cc(C(=O)Nc2cccc(Cl)c2C)ccc1Cl)C(=O)Oc1cc(C(F)(F)F)ccc1Cl. The maximum absolute atomic E-state index is 13.5. The van der Waals surface area contributed by atoms with Crippen LogP contribution < -0.4 is 34.9 Å². The molecule has 3 N–H and O–H groups in total. The number of carbonyl (C=O) groups excluding carboxylic acids is 9. The van der Waals surface area contributed by atoms with E-state index in [1.165, 1.54) is 109 Å². The van der Waals surface area contributed by atoms with E-state index in [9.17, 15) is 82.7 Å². The van der Waals surface area contributed by atoms with E-state index in [0.29, 0.717) is 39.0 Å². The lowest BCUT2D eigenvalue weighted by Gasteiger charge is -2.15. The van der Waals surface area contributed by atoms with Crippen LogP contribution >= 0.6 is 81.2 Å². The van der Waals surface area contributed by atoms with Crippen molar-refractivity contribution in [2.24, 2.45) is 30.7 Å². The van der Waals surface area contributed by atoms with Crippen LogP contribution in [0.25, 0.3) is 0 Å². The van der Waals surface area contributed by atoms with E-state index in [-0.39, 0.29) is 93.2 Å². The lowest BCUT2D eigenvalue weighted by atomic mass is 10.1. The Balaban J connectivity index is 0.000000222. The van der Waals surface area contributed by atoms with Crippen molar-refractivity contribution in [2.45, 2.75) is 71.3 Å². The number of carbonyl (C=O) groups is 9. The number of nitrogens with zero attached hydrogens (tertiary/aromatic N) is 6. The van der Waals surface area contributed by atoms with Crippen molar-refractivity contribution in [2.75, 3.05) is 16.0 Å². The summed E-state index contributed by atoms with van der Waals surface area (Å²) in [6.07, 6.45) is -14.0. The number of hydrogen-bond donors (Lipinski definition) is 3. The minimum atomic E-state index is -4.72. The van der Waals surface area contributed by atoms with E-state index in [1.54, 1.807) is 62.4 Å². The number of amides is 3. The zero-order valence-electron chi connectivity index (χ0n) is 60.9. The summed E-state index contributed by atoms with van der Waals surface area (Å²) in [5.41, 5.74) is -1.96. The second-order valence-electron chi connectivity index (χ2n) is 24.4. The van der Waals surface area contributed by atoms with Crippen molar-refractivity contribution in [3.63, 3.8) is 0 Å². The smallest absolute Gasteiger partial charge is 0.416 e. The van der Waals surface area contributed by atoms with Gasteiger partial charge in [-0.05, 0) is 210 Å². The van der Waals surface area contributed by atoms with Gasteiger partial charge in [-0.1, -0.05) is 124 Å². The van der Waals surface area contributed by atoms with E-state index in [1.807, 2.05) is 0 Å². The van der Waals surface area contributed by atoms with Gasteiger partial charge >= 0.3 is 36.4 Å². The van der Waals surface area contributed by atoms with Gasteiger partial charge in [-0.3, -0.25) is 28.8 Å². The highest BCUT2D eigenvalue weighted by atomic mass is 35.5. The first-order valence-corrected chi connectivity index (χ1v) is 36.1. The number of ketones is 3. The number of hydrogen-bond acceptors (Lipinski definition) is 19. The molecule has 610 valence electrons. The second-order valence-corrected chi connectivity index (χ2v) is 27.3. The average Bonchev–Trinajstić information content (AvgIpc) is 0.819. The fourth-order valence-corrected chi connectivity index (χ4v) is 10.6. The fraction of sp³-hybridized carbons (Fsp3) is 0.138. The summed E-state index contributed by atoms with van der Waals surface area (Å²) in [7, 11) is 0. The summed E-state index contributed by atoms with van der Waals surface area (Å²) in [5, 5.41) is 31.1. The summed E-state index contributed by atoms with van der Waals surface area (Å²) in [5.74, 6) is -7.77. The molecule has 0 saturated carbocycles. The van der Waals surface area contributed by atoms with Gasteiger partial charge in [0.25, 0.3) is 17.7 Å². The number of Topliss-reactive ketones (excluding diaryl/α,β-unsaturated/α-hetero) is 3. The molecule has 0 bridgehead atoms. The molecule has 0 saturated heterocycles. The molecule has 0 spiro atoms. The van der Waals surface area contributed by atoms with Gasteiger partial charge in [0.2, 0.25) is 18.1 Å². The maximum atomic E-state index is 13.5. The van der Waals surface area contributed by atoms with Crippen molar-refractivity contribution in [3.8, 4) is 28.7 Å². The van der Waals surface area contributed by atoms with Gasteiger partial charge in [0.15, 0.2) is 23.1 Å². The minimum absolute atomic E-state index is 0.00631. The molecule has 0 aliphatic rings. The van der Waals surface area contributed by atoms with Crippen LogP contribution in [0.5, 0.6) is 28.7 Å². The Morgan fingerprint density at radius 2 is 0.720 bits per heavy atom. The van der Waals surface area contributed by atoms with E-state index in [4.69, 9.17) is 100 Å². The van der Waals surface area contributed by atoms with E-state index >= 15 is 0 Å². The zero-order chi connectivity index (χ0) is 86.7. The Morgan fingerprint density at radius 3 is 1.19 bits per heavy atom. The van der Waals surface area contributed by atoms with Crippen LogP contribution in [-0.4, -0.2) is 71.1 Å². The molecule has 3 atom stereocenters. The number of benzene rings is 10. The van der Waals surface area contributed by atoms with Crippen molar-refractivity contribution < 1.29 is 102 Å². The molecule has 0 heterocycles. The van der Waals surface area contributed by atoms with E-state index in [2.05, 4.69) is 46.6 Å². The van der Waals surface area contributed by atoms with Gasteiger partial charge < -0.3 is 34.9 Å². The van der Waals surface area contributed by atoms with Crippen molar-refractivity contribution in [1.82, 2.24) is 0 Å². The van der Waals surface area contributed by atoms with Crippen LogP contribution in [0.4, 0.5) is 73.6 Å². The van der Waals surface area contributed by atoms with Gasteiger partial charge in [0.05, 0.1) is 47.5 Å². The van der Waals surface area contributed by atoms with Crippen LogP contribution in [0.15, 0.2) is 237 Å². The van der Waals surface area contributed by atoms with Crippen molar-refractivity contribution in [1.29, 1.82) is 0 Å². The van der Waals surface area contributed by atoms with Crippen LogP contribution in [-0.2, 0) is 47.3 Å². The quantitative estimate of drug-likeness (QED) is 0.0177. The Labute approximate surface area is 698 Å². The number of nitrogens with one attached hydrogen (secondary N) is 3. The highest BCUT2D eigenvalue weighted by molar-refractivity contribution is 6.35. The molecule has 10 rings (SSSR count). The summed E-state index contributed by atoms with van der Waals surface area (Å²) >= 11 is 42.2. The molecule has 3 unspecified atom stereocenters. The van der Waals surface area contributed by atoms with Gasteiger partial charge in [-0.25, -0.2) is 14.4 Å². The molecule has 3 amide bonds. The van der Waals surface area contributed by atoms with Crippen LogP contribution in [0, 0.1) is 13.8 Å². The van der Waals surface area contributed by atoms with Gasteiger partial charge in [0.1, 0.15) is 40.1 Å². The highest BCUT2D eigenvalue weighted by Crippen LogP contribution is 2.41. The Bertz CT molecular complexity index is 5590. The molecule has 0 radical (unpaired) electrons. The Hall–Kier alpha value is -12.0. The van der Waals surface area contributed by atoms with Crippen LogP contribution in [0.3, 0.4) is 0 Å². The fourth-order valence-electron chi connectivity index (χ4n) is 9.49. The molecule has 38 heteroatoms. The summed E-state index contributed by atoms with van der Waals surface area (Å²) < 4.78 is 139. The molecular formula is C80H55Cl7F9N9O13. The van der Waals surface area contributed by atoms with E-state index < -0.39 is 112 Å². The van der Waals surface area contributed by atoms with E-state index in [0.717, 1.165) is 57.2 Å². The predicted molar refractivity (Wildman–Crippen MR) is 422 cm³/mol. The van der Waals surface area contributed by atoms with Gasteiger partial charge in [-0.15, -0.1) is 0 Å². The average molecular weight is 1770 g/mol. The summed E-state index contributed by atoms with van der Waals surface area (Å²) in [4.78, 5) is 112. The minimum Gasteiger partial charge on any atom is -0.455 e. The van der Waals surface area contributed by atoms with Crippen molar-refractivity contribution >= 4 is 168 Å². The Kier molecular flexibility index (Phi) is 31.6. The number of ether oxygens (including phenoxy) is 4. The highest BCUT2D eigenvalue weighted by Gasteiger charge is 2.36. The predicted octanol–water partition coefficient (Wildman–Crippen LogP) is 23.8. The normalized spacial score (nSPS) is 12.2. The monoisotopic (exact) mass is 1770 g/mol. The molecule has 22 nitrogen and oxygen atoms in total. The Morgan fingerprint density at radius 1 is 0.339 bits per heavy atom. The molecule has 0 aliphatic heterocycles. The summed E-state index contributed by atoms with van der Waals surface area (Å²) in [6, 6.07) is 39.5. The zero-order valence-corrected chi connectivity index (χ0v) is 66.2.